The van der Waals surface area contributed by atoms with Gasteiger partial charge in [-0.3, -0.25) is 4.79 Å². The number of rotatable bonds is 6. The number of anilines is 1. The first-order chi connectivity index (χ1) is 11.9. The zero-order chi connectivity index (χ0) is 17.9. The van der Waals surface area contributed by atoms with Crippen molar-refractivity contribution in [3.8, 4) is 0 Å². The van der Waals surface area contributed by atoms with Crippen molar-refractivity contribution in [2.45, 2.75) is 18.8 Å². The largest absolute Gasteiger partial charge is 0.459 e. The zero-order valence-electron chi connectivity index (χ0n) is 14.1. The Morgan fingerprint density at radius 2 is 1.88 bits per heavy atom. The van der Waals surface area contributed by atoms with Gasteiger partial charge in [-0.15, -0.1) is 0 Å². The minimum Gasteiger partial charge on any atom is -0.459 e. The Hall–Kier alpha value is -2.34. The van der Waals surface area contributed by atoms with E-state index in [4.69, 9.17) is 4.74 Å². The maximum atomic E-state index is 12.1. The lowest BCUT2D eigenvalue weighted by Gasteiger charge is -2.18. The summed E-state index contributed by atoms with van der Waals surface area (Å²) in [4.78, 5) is 14.1. The number of carbonyl (C=O) groups excluding carboxylic acids is 1. The van der Waals surface area contributed by atoms with Gasteiger partial charge in [0.2, 0.25) is 0 Å². The number of esters is 1. The Balaban J connectivity index is 1.60. The molecule has 1 heterocycles. The Bertz CT molecular complexity index is 862. The molecule has 0 amide bonds. The summed E-state index contributed by atoms with van der Waals surface area (Å²) in [6.45, 7) is 1.21. The highest BCUT2D eigenvalue weighted by Crippen LogP contribution is 2.29. The van der Waals surface area contributed by atoms with Crippen LogP contribution in [0.1, 0.15) is 16.7 Å². The van der Waals surface area contributed by atoms with Crippen LogP contribution in [0.3, 0.4) is 0 Å². The molecule has 0 aliphatic carbocycles. The van der Waals surface area contributed by atoms with Crippen LogP contribution in [0, 0.1) is 0 Å². The molecule has 0 bridgehead atoms. The van der Waals surface area contributed by atoms with Gasteiger partial charge in [0.15, 0.2) is 9.84 Å². The van der Waals surface area contributed by atoms with Crippen LogP contribution in [0.5, 0.6) is 0 Å². The maximum absolute atomic E-state index is 12.1. The molecule has 0 fully saturated rings. The third-order valence-electron chi connectivity index (χ3n) is 4.13. The maximum Gasteiger partial charge on any atom is 0.325 e. The molecule has 0 spiro atoms. The van der Waals surface area contributed by atoms with Gasteiger partial charge in [0, 0.05) is 18.5 Å². The molecule has 5 nitrogen and oxygen atoms in total. The van der Waals surface area contributed by atoms with E-state index in [9.17, 15) is 13.2 Å². The number of fused-ring (bicyclic) bond motifs is 1. The molecular weight excluding hydrogens is 338 g/mol. The molecule has 0 aromatic heterocycles. The number of ether oxygens (including phenoxy) is 1. The van der Waals surface area contributed by atoms with Crippen LogP contribution in [0.15, 0.2) is 48.5 Å². The van der Waals surface area contributed by atoms with Gasteiger partial charge in [0.1, 0.15) is 13.2 Å². The molecule has 0 N–H and O–H groups in total. The quantitative estimate of drug-likeness (QED) is 0.741. The normalized spacial score (nSPS) is 13.6. The van der Waals surface area contributed by atoms with E-state index in [1.165, 1.54) is 6.26 Å². The van der Waals surface area contributed by atoms with Crippen LogP contribution in [0.25, 0.3) is 0 Å². The van der Waals surface area contributed by atoms with E-state index in [-0.39, 0.29) is 24.9 Å². The zero-order valence-corrected chi connectivity index (χ0v) is 15.0. The van der Waals surface area contributed by atoms with E-state index in [1.807, 2.05) is 53.4 Å². The minimum atomic E-state index is -3.05. The Morgan fingerprint density at radius 3 is 2.60 bits per heavy atom. The van der Waals surface area contributed by atoms with Gasteiger partial charge in [0.25, 0.3) is 0 Å². The smallest absolute Gasteiger partial charge is 0.325 e. The molecule has 6 heteroatoms. The second kappa shape index (κ2) is 7.27. The van der Waals surface area contributed by atoms with Gasteiger partial charge >= 0.3 is 5.97 Å². The molecule has 0 atom stereocenters. The van der Waals surface area contributed by atoms with Crippen molar-refractivity contribution in [2.24, 2.45) is 0 Å². The van der Waals surface area contributed by atoms with Crippen molar-refractivity contribution in [1.29, 1.82) is 0 Å². The van der Waals surface area contributed by atoms with Crippen molar-refractivity contribution < 1.29 is 17.9 Å². The summed E-state index contributed by atoms with van der Waals surface area (Å²) < 4.78 is 28.2. The molecule has 1 aliphatic heterocycles. The van der Waals surface area contributed by atoms with Crippen LogP contribution < -0.4 is 4.90 Å². The Kier molecular flexibility index (Phi) is 5.08. The van der Waals surface area contributed by atoms with Crippen LogP contribution in [0.2, 0.25) is 0 Å². The number of carbonyl (C=O) groups is 1. The molecule has 0 unspecified atom stereocenters. The molecule has 1 aliphatic rings. The van der Waals surface area contributed by atoms with Crippen molar-refractivity contribution >= 4 is 21.5 Å². The number of benzene rings is 2. The lowest BCUT2D eigenvalue weighted by Crippen LogP contribution is -2.29. The fraction of sp³-hybridized carbons (Fsp3) is 0.316. The third kappa shape index (κ3) is 4.82. The fourth-order valence-corrected chi connectivity index (χ4v) is 3.80. The number of hydrogen-bond acceptors (Lipinski definition) is 5. The highest BCUT2D eigenvalue weighted by molar-refractivity contribution is 7.89. The van der Waals surface area contributed by atoms with Crippen molar-refractivity contribution in [1.82, 2.24) is 0 Å². The first-order valence-electron chi connectivity index (χ1n) is 8.15. The molecule has 132 valence electrons. The fourth-order valence-electron chi connectivity index (χ4n) is 3.02. The Labute approximate surface area is 148 Å². The molecule has 3 rings (SSSR count). The van der Waals surface area contributed by atoms with E-state index >= 15 is 0 Å². The van der Waals surface area contributed by atoms with Gasteiger partial charge in [-0.2, -0.15) is 0 Å². The third-order valence-corrected chi connectivity index (χ3v) is 4.98. The highest BCUT2D eigenvalue weighted by Gasteiger charge is 2.22. The number of sulfone groups is 1. The van der Waals surface area contributed by atoms with E-state index < -0.39 is 9.84 Å². The predicted molar refractivity (Wildman–Crippen MR) is 97.1 cm³/mol. The Morgan fingerprint density at radius 1 is 1.12 bits per heavy atom. The number of hydrogen-bond donors (Lipinski definition) is 0. The summed E-state index contributed by atoms with van der Waals surface area (Å²) in [5.74, 6) is -0.226. The first-order valence-corrected chi connectivity index (χ1v) is 10.2. The summed E-state index contributed by atoms with van der Waals surface area (Å²) in [6.07, 6.45) is 2.04. The van der Waals surface area contributed by atoms with Crippen molar-refractivity contribution in [3.63, 3.8) is 0 Å². The van der Waals surface area contributed by atoms with Gasteiger partial charge in [-0.1, -0.05) is 42.5 Å². The first kappa shape index (κ1) is 17.5. The average Bonchev–Trinajstić information content (AvgIpc) is 2.94. The van der Waals surface area contributed by atoms with Gasteiger partial charge in [-0.05, 0) is 29.2 Å². The second-order valence-electron chi connectivity index (χ2n) is 6.35. The number of nitrogens with zero attached hydrogens (tertiary/aromatic N) is 1. The summed E-state index contributed by atoms with van der Waals surface area (Å²) in [5.41, 5.74) is 3.81. The minimum absolute atomic E-state index is 0.0411. The SMILES string of the molecule is CS(=O)(=O)Cc1ccc2c(c1)CCN2CC(=O)OCc1ccccc1. The molecule has 0 saturated heterocycles. The van der Waals surface area contributed by atoms with Crippen LogP contribution in [0.4, 0.5) is 5.69 Å². The topological polar surface area (TPSA) is 63.7 Å². The second-order valence-corrected chi connectivity index (χ2v) is 8.49. The lowest BCUT2D eigenvalue weighted by molar-refractivity contribution is -0.143. The molecular formula is C19H21NO4S. The lowest BCUT2D eigenvalue weighted by atomic mass is 10.1. The molecule has 2 aromatic carbocycles. The van der Waals surface area contributed by atoms with Crippen LogP contribution in [-0.4, -0.2) is 33.7 Å². The summed E-state index contributed by atoms with van der Waals surface area (Å²) in [5, 5.41) is 0. The summed E-state index contributed by atoms with van der Waals surface area (Å²) in [6, 6.07) is 15.2. The monoisotopic (exact) mass is 359 g/mol. The van der Waals surface area contributed by atoms with E-state index in [1.54, 1.807) is 0 Å². The average molecular weight is 359 g/mol. The molecule has 25 heavy (non-hydrogen) atoms. The highest BCUT2D eigenvalue weighted by atomic mass is 32.2. The molecule has 0 radical (unpaired) electrons. The predicted octanol–water partition coefficient (Wildman–Crippen LogP) is 2.34. The van der Waals surface area contributed by atoms with E-state index in [0.29, 0.717) is 0 Å². The molecule has 2 aromatic rings. The van der Waals surface area contributed by atoms with Crippen molar-refractivity contribution in [3.05, 3.63) is 65.2 Å². The standard InChI is InChI=1S/C19H21NO4S/c1-25(22,23)14-16-7-8-18-17(11-16)9-10-20(18)12-19(21)24-13-15-5-3-2-4-6-15/h2-8,11H,9-10,12-14H2,1H3. The van der Waals surface area contributed by atoms with Crippen LogP contribution >= 0.6 is 0 Å². The summed E-state index contributed by atoms with van der Waals surface area (Å²) in [7, 11) is -3.05. The van der Waals surface area contributed by atoms with Crippen LogP contribution in [-0.2, 0) is 38.1 Å². The van der Waals surface area contributed by atoms with Gasteiger partial charge in [-0.25, -0.2) is 8.42 Å². The van der Waals surface area contributed by atoms with Gasteiger partial charge < -0.3 is 9.64 Å². The van der Waals surface area contributed by atoms with Gasteiger partial charge in [0.05, 0.1) is 5.75 Å². The van der Waals surface area contributed by atoms with E-state index in [0.717, 1.165) is 35.3 Å². The molecule has 0 saturated carbocycles. The summed E-state index contributed by atoms with van der Waals surface area (Å²) >= 11 is 0. The van der Waals surface area contributed by atoms with E-state index in [2.05, 4.69) is 0 Å². The van der Waals surface area contributed by atoms with Crippen molar-refractivity contribution in [2.75, 3.05) is 24.2 Å².